The summed E-state index contributed by atoms with van der Waals surface area (Å²) in [5.74, 6) is 0.269. The number of aryl methyl sites for hydroxylation is 1. The lowest BCUT2D eigenvalue weighted by Gasteiger charge is -2.13. The first-order chi connectivity index (χ1) is 13.6. The lowest BCUT2D eigenvalue weighted by Crippen LogP contribution is -2.32. The van der Waals surface area contributed by atoms with Gasteiger partial charge in [-0.15, -0.1) is 0 Å². The van der Waals surface area contributed by atoms with Gasteiger partial charge in [0, 0.05) is 13.1 Å². The van der Waals surface area contributed by atoms with E-state index in [1.165, 1.54) is 6.33 Å². The fraction of sp³-hybridized carbons (Fsp3) is 0.368. The average molecular weight is 384 g/mol. The Morgan fingerprint density at radius 2 is 2.11 bits per heavy atom. The summed E-state index contributed by atoms with van der Waals surface area (Å²) in [5.41, 5.74) is 7.60. The van der Waals surface area contributed by atoms with E-state index in [1.807, 2.05) is 4.57 Å². The van der Waals surface area contributed by atoms with Crippen LogP contribution in [-0.4, -0.2) is 56.3 Å². The Kier molecular flexibility index (Phi) is 6.88. The second-order valence-corrected chi connectivity index (χ2v) is 6.48. The van der Waals surface area contributed by atoms with Crippen molar-refractivity contribution in [2.75, 3.05) is 19.7 Å². The van der Waals surface area contributed by atoms with Gasteiger partial charge >= 0.3 is 0 Å². The largest absolute Gasteiger partial charge is 0.491 e. The lowest BCUT2D eigenvalue weighted by molar-refractivity contribution is -0.117. The van der Waals surface area contributed by atoms with Crippen molar-refractivity contribution in [3.63, 3.8) is 0 Å². The number of hydrogen-bond acceptors (Lipinski definition) is 7. The number of imidazole rings is 1. The highest BCUT2D eigenvalue weighted by atomic mass is 16.5. The maximum absolute atomic E-state index is 10.9. The summed E-state index contributed by atoms with van der Waals surface area (Å²) < 4.78 is 7.55. The molecule has 28 heavy (non-hydrogen) atoms. The van der Waals surface area contributed by atoms with E-state index in [9.17, 15) is 9.90 Å². The molecule has 1 unspecified atom stereocenters. The Morgan fingerprint density at radius 1 is 1.29 bits per heavy atom. The van der Waals surface area contributed by atoms with Crippen LogP contribution in [0.1, 0.15) is 12.0 Å². The molecule has 0 aliphatic heterocycles. The number of nitrogens with zero attached hydrogens (tertiary/aromatic N) is 4. The number of aliphatic hydroxyl groups excluding tert-OH is 1. The number of amides is 1. The van der Waals surface area contributed by atoms with Crippen LogP contribution in [0.3, 0.4) is 0 Å². The lowest BCUT2D eigenvalue weighted by atomic mass is 10.1. The minimum atomic E-state index is -0.618. The number of hydrogen-bond donors (Lipinski definition) is 3. The van der Waals surface area contributed by atoms with Gasteiger partial charge in [0.25, 0.3) is 0 Å². The number of nitrogens with two attached hydrogens (primary N) is 1. The van der Waals surface area contributed by atoms with E-state index >= 15 is 0 Å². The summed E-state index contributed by atoms with van der Waals surface area (Å²) in [5, 5.41) is 13.2. The molecule has 1 amide bonds. The Balaban J connectivity index is 1.31. The third kappa shape index (κ3) is 5.73. The second kappa shape index (κ2) is 9.77. The van der Waals surface area contributed by atoms with Crippen LogP contribution in [0.4, 0.5) is 0 Å². The smallest absolute Gasteiger partial charge is 0.221 e. The first kappa shape index (κ1) is 19.7. The van der Waals surface area contributed by atoms with Gasteiger partial charge in [0.05, 0.1) is 18.9 Å². The predicted molar refractivity (Wildman–Crippen MR) is 104 cm³/mol. The molecule has 3 aromatic rings. The van der Waals surface area contributed by atoms with Gasteiger partial charge in [-0.05, 0) is 30.7 Å². The van der Waals surface area contributed by atoms with Crippen LogP contribution in [0.2, 0.25) is 0 Å². The molecule has 2 heterocycles. The quantitative estimate of drug-likeness (QED) is 0.405. The highest BCUT2D eigenvalue weighted by molar-refractivity contribution is 5.76. The van der Waals surface area contributed by atoms with Crippen molar-refractivity contribution >= 4 is 17.1 Å². The van der Waals surface area contributed by atoms with E-state index in [4.69, 9.17) is 10.5 Å². The normalized spacial score (nSPS) is 12.2. The molecule has 9 heteroatoms. The fourth-order valence-electron chi connectivity index (χ4n) is 2.78. The molecule has 0 saturated carbocycles. The molecule has 4 N–H and O–H groups in total. The zero-order valence-corrected chi connectivity index (χ0v) is 15.5. The van der Waals surface area contributed by atoms with Gasteiger partial charge in [-0.1, -0.05) is 12.1 Å². The molecule has 0 fully saturated rings. The monoisotopic (exact) mass is 384 g/mol. The number of carbonyl (C=O) groups excluding carboxylic acids is 1. The van der Waals surface area contributed by atoms with E-state index in [0.29, 0.717) is 12.3 Å². The van der Waals surface area contributed by atoms with Crippen LogP contribution in [-0.2, 0) is 17.8 Å². The third-order valence-electron chi connectivity index (χ3n) is 4.16. The van der Waals surface area contributed by atoms with Crippen LogP contribution in [0.5, 0.6) is 5.75 Å². The molecule has 0 saturated heterocycles. The number of benzene rings is 1. The summed E-state index contributed by atoms with van der Waals surface area (Å²) in [7, 11) is 0. The molecular weight excluding hydrogens is 360 g/mol. The van der Waals surface area contributed by atoms with Crippen molar-refractivity contribution in [1.82, 2.24) is 24.8 Å². The summed E-state index contributed by atoms with van der Waals surface area (Å²) in [6, 6.07) is 7.10. The third-order valence-corrected chi connectivity index (χ3v) is 4.16. The van der Waals surface area contributed by atoms with Crippen LogP contribution in [0, 0.1) is 0 Å². The molecule has 1 atom stereocenters. The maximum Gasteiger partial charge on any atom is 0.221 e. The van der Waals surface area contributed by atoms with Gasteiger partial charge in [-0.3, -0.25) is 4.79 Å². The Bertz CT molecular complexity index is 896. The van der Waals surface area contributed by atoms with Crippen molar-refractivity contribution in [2.45, 2.75) is 25.5 Å². The molecule has 0 spiro atoms. The molecule has 9 nitrogen and oxygen atoms in total. The molecule has 2 aromatic heterocycles. The highest BCUT2D eigenvalue weighted by Gasteiger charge is 2.06. The van der Waals surface area contributed by atoms with Gasteiger partial charge in [-0.2, -0.15) is 0 Å². The Morgan fingerprint density at radius 3 is 2.89 bits per heavy atom. The first-order valence-corrected chi connectivity index (χ1v) is 9.11. The molecule has 1 aromatic carbocycles. The van der Waals surface area contributed by atoms with Crippen molar-refractivity contribution in [3.05, 3.63) is 48.7 Å². The topological polar surface area (TPSA) is 128 Å². The standard InChI is InChI=1S/C19H24N6O3/c20-18(27)8-14-2-4-16(5-3-14)28-11-15(26)9-21-6-1-7-25-13-24-17-10-22-12-23-19(17)25/h2-5,10,12-13,15,21,26H,1,6-9,11H2,(H2,20,27). The van der Waals surface area contributed by atoms with E-state index in [0.717, 1.165) is 36.2 Å². The minimum Gasteiger partial charge on any atom is -0.491 e. The van der Waals surface area contributed by atoms with Crippen molar-refractivity contribution in [1.29, 1.82) is 0 Å². The maximum atomic E-state index is 10.9. The van der Waals surface area contributed by atoms with Gasteiger partial charge in [0.15, 0.2) is 5.65 Å². The van der Waals surface area contributed by atoms with Crippen molar-refractivity contribution in [3.8, 4) is 5.75 Å². The van der Waals surface area contributed by atoms with Crippen LogP contribution >= 0.6 is 0 Å². The van der Waals surface area contributed by atoms with Crippen LogP contribution < -0.4 is 15.8 Å². The second-order valence-electron chi connectivity index (χ2n) is 6.48. The molecule has 0 aliphatic rings. The zero-order chi connectivity index (χ0) is 19.8. The summed E-state index contributed by atoms with van der Waals surface area (Å²) in [6.45, 7) is 2.16. The number of ether oxygens (including phenoxy) is 1. The average Bonchev–Trinajstić information content (AvgIpc) is 3.10. The van der Waals surface area contributed by atoms with Gasteiger partial charge < -0.3 is 25.5 Å². The van der Waals surface area contributed by atoms with E-state index in [2.05, 4.69) is 20.3 Å². The number of rotatable bonds is 11. The number of aliphatic hydroxyl groups is 1. The molecule has 0 bridgehead atoms. The molecule has 0 aliphatic carbocycles. The van der Waals surface area contributed by atoms with E-state index in [1.54, 1.807) is 36.8 Å². The highest BCUT2D eigenvalue weighted by Crippen LogP contribution is 2.13. The van der Waals surface area contributed by atoms with Crippen molar-refractivity contribution in [2.24, 2.45) is 5.73 Å². The number of carbonyl (C=O) groups is 1. The molecule has 148 valence electrons. The summed E-state index contributed by atoms with van der Waals surface area (Å²) in [6.07, 6.45) is 5.43. The van der Waals surface area contributed by atoms with Gasteiger partial charge in [0.2, 0.25) is 5.91 Å². The molecule has 3 rings (SSSR count). The van der Waals surface area contributed by atoms with Gasteiger partial charge in [-0.25, -0.2) is 15.0 Å². The van der Waals surface area contributed by atoms with Gasteiger partial charge in [0.1, 0.15) is 30.3 Å². The Labute approximate surface area is 162 Å². The van der Waals surface area contributed by atoms with Crippen molar-refractivity contribution < 1.29 is 14.6 Å². The number of fused-ring (bicyclic) bond motifs is 1. The van der Waals surface area contributed by atoms with E-state index < -0.39 is 6.10 Å². The first-order valence-electron chi connectivity index (χ1n) is 9.11. The fourth-order valence-corrected chi connectivity index (χ4v) is 2.78. The molecule has 0 radical (unpaired) electrons. The SMILES string of the molecule is NC(=O)Cc1ccc(OCC(O)CNCCCn2cnc3cncnc32)cc1. The zero-order valence-electron chi connectivity index (χ0n) is 15.5. The van der Waals surface area contributed by atoms with Crippen LogP contribution in [0.25, 0.3) is 11.2 Å². The minimum absolute atomic E-state index is 0.186. The predicted octanol–water partition coefficient (Wildman–Crippen LogP) is 0.274. The number of aromatic nitrogens is 4. The summed E-state index contributed by atoms with van der Waals surface area (Å²) in [4.78, 5) is 23.3. The Hall–Kier alpha value is -3.04. The summed E-state index contributed by atoms with van der Waals surface area (Å²) >= 11 is 0. The number of primary amides is 1. The molecular formula is C19H24N6O3. The van der Waals surface area contributed by atoms with E-state index in [-0.39, 0.29) is 18.9 Å². The van der Waals surface area contributed by atoms with Crippen LogP contribution in [0.15, 0.2) is 43.1 Å². The number of nitrogens with one attached hydrogen (secondary N) is 1.